The van der Waals surface area contributed by atoms with Crippen LogP contribution in [0.15, 0.2) is 18.3 Å². The predicted octanol–water partition coefficient (Wildman–Crippen LogP) is 2.98. The molecule has 5 heteroatoms. The lowest BCUT2D eigenvalue weighted by Gasteiger charge is -2.16. The number of nitrogens with zero attached hydrogens (tertiary/aromatic N) is 2. The van der Waals surface area contributed by atoms with Crippen LogP contribution in [0.4, 0.5) is 11.5 Å². The highest BCUT2D eigenvalue weighted by Gasteiger charge is 2.09. The molecule has 0 aromatic carbocycles. The molecule has 0 fully saturated rings. The van der Waals surface area contributed by atoms with Gasteiger partial charge in [0.1, 0.15) is 0 Å². The average Bonchev–Trinajstić information content (AvgIpc) is 2.29. The van der Waals surface area contributed by atoms with Crippen molar-refractivity contribution in [2.75, 3.05) is 5.32 Å². The molecule has 0 saturated heterocycles. The van der Waals surface area contributed by atoms with E-state index in [-0.39, 0.29) is 5.82 Å². The van der Waals surface area contributed by atoms with Crippen LogP contribution < -0.4 is 5.32 Å². The van der Waals surface area contributed by atoms with E-state index in [2.05, 4.69) is 24.1 Å². The number of hydrogen-bond acceptors (Lipinski definition) is 4. The fourth-order valence-corrected chi connectivity index (χ4v) is 1.54. The van der Waals surface area contributed by atoms with Crippen LogP contribution in [0.2, 0.25) is 0 Å². The second kappa shape index (κ2) is 6.05. The maximum atomic E-state index is 10.4. The number of aromatic nitrogens is 1. The minimum Gasteiger partial charge on any atom is -0.379 e. The maximum absolute atomic E-state index is 10.4. The molecule has 16 heavy (non-hydrogen) atoms. The van der Waals surface area contributed by atoms with Crippen molar-refractivity contribution in [2.45, 2.75) is 39.2 Å². The Bertz CT molecular complexity index is 338. The summed E-state index contributed by atoms with van der Waals surface area (Å²) < 4.78 is 0. The number of anilines is 1. The van der Waals surface area contributed by atoms with Gasteiger partial charge in [0.15, 0.2) is 6.20 Å². The van der Waals surface area contributed by atoms with Crippen LogP contribution >= 0.6 is 0 Å². The second-order valence-electron chi connectivity index (χ2n) is 3.70. The molecular formula is C11H17N3O2. The number of hydrogen-bond donors (Lipinski definition) is 1. The third-order valence-electron chi connectivity index (χ3n) is 2.44. The number of nitrogens with one attached hydrogen (secondary N) is 1. The van der Waals surface area contributed by atoms with Crippen molar-refractivity contribution in [1.82, 2.24) is 4.98 Å². The van der Waals surface area contributed by atoms with E-state index in [9.17, 15) is 10.1 Å². The van der Waals surface area contributed by atoms with Gasteiger partial charge in [-0.2, -0.15) is 0 Å². The summed E-state index contributed by atoms with van der Waals surface area (Å²) in [6.45, 7) is 4.25. The van der Waals surface area contributed by atoms with Crippen molar-refractivity contribution in [3.63, 3.8) is 0 Å². The quantitative estimate of drug-likeness (QED) is 0.594. The Hall–Kier alpha value is -1.65. The summed E-state index contributed by atoms with van der Waals surface area (Å²) in [4.78, 5) is 13.7. The monoisotopic (exact) mass is 223 g/mol. The summed E-state index contributed by atoms with van der Waals surface area (Å²) in [5.74, 6) is -0.117. The van der Waals surface area contributed by atoms with E-state index >= 15 is 0 Å². The van der Waals surface area contributed by atoms with Gasteiger partial charge in [0, 0.05) is 12.1 Å². The Kier molecular flexibility index (Phi) is 4.69. The molecule has 0 saturated carbocycles. The molecule has 0 aliphatic rings. The highest BCUT2D eigenvalue weighted by atomic mass is 16.6. The number of nitro groups is 1. The summed E-state index contributed by atoms with van der Waals surface area (Å²) in [5, 5.41) is 13.7. The highest BCUT2D eigenvalue weighted by Crippen LogP contribution is 2.14. The number of rotatable bonds is 6. The Morgan fingerprint density at radius 2 is 2.25 bits per heavy atom. The second-order valence-corrected chi connectivity index (χ2v) is 3.70. The maximum Gasteiger partial charge on any atom is 0.363 e. The van der Waals surface area contributed by atoms with Gasteiger partial charge in [-0.15, -0.1) is 0 Å². The summed E-state index contributed by atoms with van der Waals surface area (Å²) in [7, 11) is 0. The molecule has 1 unspecified atom stereocenters. The molecule has 1 N–H and O–H groups in total. The van der Waals surface area contributed by atoms with Crippen LogP contribution in [0, 0.1) is 10.1 Å². The van der Waals surface area contributed by atoms with Crippen LogP contribution in [0.1, 0.15) is 33.1 Å². The molecule has 0 spiro atoms. The Balaban J connectivity index is 2.63. The molecule has 1 atom stereocenters. The molecule has 0 amide bonds. The molecule has 0 radical (unpaired) electrons. The first kappa shape index (κ1) is 12.4. The Labute approximate surface area is 95.0 Å². The average molecular weight is 223 g/mol. The van der Waals surface area contributed by atoms with Crippen LogP contribution in [0.25, 0.3) is 0 Å². The van der Waals surface area contributed by atoms with Crippen molar-refractivity contribution >= 4 is 11.5 Å². The zero-order valence-corrected chi connectivity index (χ0v) is 9.64. The lowest BCUT2D eigenvalue weighted by molar-refractivity contribution is -0.389. The Morgan fingerprint density at radius 1 is 1.50 bits per heavy atom. The zero-order chi connectivity index (χ0) is 12.0. The molecule has 1 heterocycles. The van der Waals surface area contributed by atoms with E-state index in [1.54, 1.807) is 6.07 Å². The molecule has 5 nitrogen and oxygen atoms in total. The van der Waals surface area contributed by atoms with Gasteiger partial charge < -0.3 is 15.4 Å². The molecule has 88 valence electrons. The number of pyridine rings is 1. The highest BCUT2D eigenvalue weighted by molar-refractivity contribution is 5.44. The van der Waals surface area contributed by atoms with Crippen molar-refractivity contribution in [2.24, 2.45) is 0 Å². The van der Waals surface area contributed by atoms with Crippen molar-refractivity contribution in [3.05, 3.63) is 28.4 Å². The zero-order valence-electron chi connectivity index (χ0n) is 9.64. The van der Waals surface area contributed by atoms with Crippen molar-refractivity contribution in [1.29, 1.82) is 0 Å². The van der Waals surface area contributed by atoms with Crippen molar-refractivity contribution < 1.29 is 4.92 Å². The van der Waals surface area contributed by atoms with Gasteiger partial charge in [-0.05, 0) is 28.8 Å². The molecule has 0 aliphatic heterocycles. The summed E-state index contributed by atoms with van der Waals surface area (Å²) >= 11 is 0. The first-order valence-corrected chi connectivity index (χ1v) is 5.54. The smallest absolute Gasteiger partial charge is 0.363 e. The summed E-state index contributed by atoms with van der Waals surface area (Å²) in [6, 6.07) is 3.53. The van der Waals surface area contributed by atoms with E-state index in [1.807, 2.05) is 0 Å². The molecular weight excluding hydrogens is 206 g/mol. The molecule has 1 aromatic rings. The SMILES string of the molecule is CCCC(CC)Nc1ccc([N+](=O)[O-])nc1. The third-order valence-corrected chi connectivity index (χ3v) is 2.44. The van der Waals surface area contributed by atoms with E-state index in [0.717, 1.165) is 24.9 Å². The fraction of sp³-hybridized carbons (Fsp3) is 0.545. The molecule has 1 rings (SSSR count). The van der Waals surface area contributed by atoms with Gasteiger partial charge >= 0.3 is 5.82 Å². The minimum atomic E-state index is -0.493. The first-order chi connectivity index (χ1) is 7.67. The predicted molar refractivity (Wildman–Crippen MR) is 63.5 cm³/mol. The Morgan fingerprint density at radius 3 is 2.69 bits per heavy atom. The third kappa shape index (κ3) is 3.49. The van der Waals surface area contributed by atoms with Crippen LogP contribution in [-0.4, -0.2) is 15.9 Å². The van der Waals surface area contributed by atoms with Crippen LogP contribution in [-0.2, 0) is 0 Å². The molecule has 0 bridgehead atoms. The van der Waals surface area contributed by atoms with Gasteiger partial charge in [-0.25, -0.2) is 0 Å². The lowest BCUT2D eigenvalue weighted by Crippen LogP contribution is -2.17. The van der Waals surface area contributed by atoms with Crippen LogP contribution in [0.3, 0.4) is 0 Å². The van der Waals surface area contributed by atoms with E-state index in [0.29, 0.717) is 6.04 Å². The fourth-order valence-electron chi connectivity index (χ4n) is 1.54. The van der Waals surface area contributed by atoms with E-state index in [1.165, 1.54) is 12.3 Å². The minimum absolute atomic E-state index is 0.117. The van der Waals surface area contributed by atoms with Crippen LogP contribution in [0.5, 0.6) is 0 Å². The topological polar surface area (TPSA) is 68.1 Å². The standard InChI is InChI=1S/C11H17N3O2/c1-3-5-9(4-2)13-10-6-7-11(12-8-10)14(15)16/h6-9,13H,3-5H2,1-2H3. The van der Waals surface area contributed by atoms with E-state index < -0.39 is 4.92 Å². The molecule has 1 aromatic heterocycles. The van der Waals surface area contributed by atoms with Gasteiger partial charge in [0.25, 0.3) is 0 Å². The van der Waals surface area contributed by atoms with Gasteiger partial charge in [0.2, 0.25) is 0 Å². The largest absolute Gasteiger partial charge is 0.379 e. The van der Waals surface area contributed by atoms with Gasteiger partial charge in [-0.3, -0.25) is 0 Å². The van der Waals surface area contributed by atoms with E-state index in [4.69, 9.17) is 0 Å². The lowest BCUT2D eigenvalue weighted by atomic mass is 10.1. The van der Waals surface area contributed by atoms with Crippen molar-refractivity contribution in [3.8, 4) is 0 Å². The van der Waals surface area contributed by atoms with Gasteiger partial charge in [0.05, 0.1) is 5.69 Å². The summed E-state index contributed by atoms with van der Waals surface area (Å²) in [5.41, 5.74) is 0.839. The first-order valence-electron chi connectivity index (χ1n) is 5.54. The summed E-state index contributed by atoms with van der Waals surface area (Å²) in [6.07, 6.45) is 4.75. The normalized spacial score (nSPS) is 12.1. The van der Waals surface area contributed by atoms with Gasteiger partial charge in [-0.1, -0.05) is 20.3 Å². The molecule has 0 aliphatic carbocycles.